The van der Waals surface area contributed by atoms with Crippen molar-refractivity contribution in [3.63, 3.8) is 0 Å². The lowest BCUT2D eigenvalue weighted by atomic mass is 9.96. The summed E-state index contributed by atoms with van der Waals surface area (Å²) >= 11 is 2.75. The Morgan fingerprint density at radius 3 is 2.14 bits per heavy atom. The molecule has 3 aliphatic heterocycles. The molecule has 0 aromatic carbocycles. The van der Waals surface area contributed by atoms with Crippen molar-refractivity contribution in [2.24, 2.45) is 33.8 Å². The molecule has 0 saturated carbocycles. The highest BCUT2D eigenvalue weighted by atomic mass is 32.2. The molecule has 2 fully saturated rings. The number of primary amides is 3. The highest BCUT2D eigenvalue weighted by Crippen LogP contribution is 2.36. The third-order valence-corrected chi connectivity index (χ3v) is 18.7. The largest absolute Gasteiger partial charge is 0.441 e. The Bertz CT molecular complexity index is 3180. The number of hydrogen-bond acceptors (Lipinski definition) is 31. The SMILES string of the molecule is Cc1c(N)nc([C@H](CC(N)=O)NC[C@H](N)C(N)=O)nc1C(=O)N[C@H](C(=O)N[C@H](C)[C@@H](O)[C@H](C)C(=O)N[C@H](C(=O)NCCC1=NC(c2nc(C(=O)NCCC[S+](C)C)cs2)CS1)[C@@H](C)O)[C@@H](OC1OC(CO)C(O)C(O)C1OC1OC(CO)C(O)C(OC(N)=O)C1O)c1cnc[nH]1. The number of nitrogens with one attached hydrogen (secondary N) is 7. The summed E-state index contributed by atoms with van der Waals surface area (Å²) in [7, 11) is 0.261. The van der Waals surface area contributed by atoms with Crippen LogP contribution in [0, 0.1) is 12.8 Å². The molecule has 0 bridgehead atoms. The number of ether oxygens (including phenoxy) is 5. The fraction of sp³-hybridized carbons (Fsp3) is 0.655. The van der Waals surface area contributed by atoms with E-state index < -0.39 is 183 Å². The Balaban J connectivity index is 1.26. The topological polar surface area (TPSA) is 627 Å². The minimum absolute atomic E-state index is 0.0284. The zero-order valence-corrected chi connectivity index (χ0v) is 55.5. The van der Waals surface area contributed by atoms with Crippen molar-refractivity contribution >= 4 is 92.3 Å². The number of thiazole rings is 1. The molecule has 25 N–H and O–H groups in total. The first-order valence-corrected chi connectivity index (χ1v) is 34.2. The second-order valence-electron chi connectivity index (χ2n) is 23.1. The maximum atomic E-state index is 15.2. The van der Waals surface area contributed by atoms with Gasteiger partial charge in [-0.25, -0.2) is 24.7 Å². The Morgan fingerprint density at radius 1 is 0.823 bits per heavy atom. The van der Waals surface area contributed by atoms with Crippen LogP contribution in [-0.2, 0) is 58.6 Å². The van der Waals surface area contributed by atoms with Crippen LogP contribution in [-0.4, -0.2) is 273 Å². The number of nitrogens with two attached hydrogens (primary N) is 5. The summed E-state index contributed by atoms with van der Waals surface area (Å²) < 4.78 is 28.7. The van der Waals surface area contributed by atoms with Gasteiger partial charge in [0, 0.05) is 55.6 Å². The molecule has 534 valence electrons. The van der Waals surface area contributed by atoms with Crippen LogP contribution in [0.1, 0.15) is 101 Å². The van der Waals surface area contributed by atoms with E-state index in [0.29, 0.717) is 28.0 Å². The van der Waals surface area contributed by atoms with E-state index in [-0.39, 0.29) is 65.3 Å². The molecule has 11 unspecified atom stereocenters. The quantitative estimate of drug-likeness (QED) is 0.0192. The van der Waals surface area contributed by atoms with E-state index in [1.165, 1.54) is 50.8 Å². The van der Waals surface area contributed by atoms with Crippen molar-refractivity contribution in [3.8, 4) is 0 Å². The third kappa shape index (κ3) is 20.8. The molecule has 2 saturated heterocycles. The first kappa shape index (κ1) is 78.1. The Morgan fingerprint density at radius 2 is 1.51 bits per heavy atom. The maximum absolute atomic E-state index is 15.2. The van der Waals surface area contributed by atoms with Crippen LogP contribution in [0.25, 0.3) is 0 Å². The van der Waals surface area contributed by atoms with Crippen molar-refractivity contribution in [1.29, 1.82) is 0 Å². The van der Waals surface area contributed by atoms with Gasteiger partial charge in [0.1, 0.15) is 101 Å². The number of nitrogens with zero attached hydrogens (tertiary/aromatic N) is 5. The summed E-state index contributed by atoms with van der Waals surface area (Å²) in [6.07, 6.45) is -19.9. The minimum Gasteiger partial charge on any atom is -0.441 e. The number of rotatable bonds is 35. The molecule has 6 heterocycles. The highest BCUT2D eigenvalue weighted by Gasteiger charge is 2.54. The minimum atomic E-state index is -2.20. The number of thioether (sulfide) groups is 1. The van der Waals surface area contributed by atoms with E-state index in [1.807, 2.05) is 0 Å². The number of imidazole rings is 1. The van der Waals surface area contributed by atoms with Gasteiger partial charge in [0.25, 0.3) is 11.8 Å². The number of aliphatic hydroxyl groups excluding tert-OH is 8. The van der Waals surface area contributed by atoms with E-state index in [1.54, 1.807) is 5.38 Å². The van der Waals surface area contributed by atoms with Crippen LogP contribution in [0.15, 0.2) is 22.9 Å². The molecule has 96 heavy (non-hydrogen) atoms. The van der Waals surface area contributed by atoms with Gasteiger partial charge in [-0.2, -0.15) is 0 Å². The summed E-state index contributed by atoms with van der Waals surface area (Å²) in [6.45, 7) is 3.25. The number of aliphatic imine (C=N–C) groups is 1. The summed E-state index contributed by atoms with van der Waals surface area (Å²) in [5, 5.41) is 107. The van der Waals surface area contributed by atoms with Gasteiger partial charge in [-0.05, 0) is 31.7 Å². The summed E-state index contributed by atoms with van der Waals surface area (Å²) in [5.41, 5.74) is 27.6. The number of amides is 8. The van der Waals surface area contributed by atoms with Crippen molar-refractivity contribution in [2.75, 3.05) is 62.6 Å². The van der Waals surface area contributed by atoms with Gasteiger partial charge in [-0.15, -0.1) is 23.1 Å². The molecule has 8 amide bonds. The monoisotopic (exact) mass is 1420 g/mol. The van der Waals surface area contributed by atoms with Gasteiger partial charge in [-0.1, -0.05) is 6.92 Å². The van der Waals surface area contributed by atoms with E-state index in [2.05, 4.69) is 69.3 Å². The molecule has 0 aliphatic carbocycles. The van der Waals surface area contributed by atoms with Gasteiger partial charge in [-0.3, -0.25) is 38.6 Å². The smallest absolute Gasteiger partial charge is 0.404 e. The molecule has 41 heteroatoms. The van der Waals surface area contributed by atoms with Gasteiger partial charge in [0.15, 0.2) is 18.7 Å². The molecular weight excluding hydrogens is 1330 g/mol. The molecule has 0 radical (unpaired) electrons. The fourth-order valence-electron chi connectivity index (χ4n) is 10.0. The van der Waals surface area contributed by atoms with Crippen LogP contribution >= 0.6 is 23.1 Å². The lowest BCUT2D eigenvalue weighted by Crippen LogP contribution is -2.65. The molecule has 20 atom stereocenters. The second kappa shape index (κ2) is 36.1. The zero-order chi connectivity index (χ0) is 71.0. The Kier molecular flexibility index (Phi) is 29.3. The Hall–Kier alpha value is -6.91. The van der Waals surface area contributed by atoms with Gasteiger partial charge < -0.3 is 130 Å². The van der Waals surface area contributed by atoms with E-state index in [9.17, 15) is 74.4 Å². The predicted octanol–water partition coefficient (Wildman–Crippen LogP) is -7.79. The van der Waals surface area contributed by atoms with Crippen molar-refractivity contribution < 1.29 is 103 Å². The molecule has 38 nitrogen and oxygen atoms in total. The van der Waals surface area contributed by atoms with Crippen molar-refractivity contribution in [3.05, 3.63) is 51.4 Å². The van der Waals surface area contributed by atoms with Crippen LogP contribution in [0.4, 0.5) is 10.6 Å². The number of hydrogen-bond donors (Lipinski definition) is 20. The average Bonchev–Trinajstić information content (AvgIpc) is 0.885. The number of anilines is 1. The van der Waals surface area contributed by atoms with Gasteiger partial charge in [0.2, 0.25) is 29.5 Å². The first-order chi connectivity index (χ1) is 45.3. The zero-order valence-electron chi connectivity index (χ0n) is 53.1. The van der Waals surface area contributed by atoms with Gasteiger partial charge in [0.05, 0.1) is 85.2 Å². The van der Waals surface area contributed by atoms with Crippen LogP contribution in [0.2, 0.25) is 0 Å². The van der Waals surface area contributed by atoms with Crippen molar-refractivity contribution in [2.45, 2.75) is 163 Å². The number of nitrogen functional groups attached to an aromatic ring is 1. The van der Waals surface area contributed by atoms with Gasteiger partial charge >= 0.3 is 6.09 Å². The van der Waals surface area contributed by atoms with Crippen LogP contribution in [0.5, 0.6) is 0 Å². The number of aromatic nitrogens is 5. The second-order valence-corrected chi connectivity index (χ2v) is 27.4. The fourth-order valence-corrected chi connectivity index (χ4v) is 12.7. The van der Waals surface area contributed by atoms with E-state index in [4.69, 9.17) is 57.3 Å². The number of aromatic amines is 1. The van der Waals surface area contributed by atoms with Crippen LogP contribution < -0.4 is 60.6 Å². The van der Waals surface area contributed by atoms with Crippen molar-refractivity contribution in [1.82, 2.24) is 56.8 Å². The van der Waals surface area contributed by atoms with E-state index in [0.717, 1.165) is 24.7 Å². The number of carbonyl (C=O) groups is 8. The number of H-pyrrole nitrogens is 1. The molecule has 0 spiro atoms. The standard InChI is InChI=1S/C55H85N17O21S3/c1-20-33(69-46(72-44(20)58)25(12-31(57)76)64-13-24(56)45(59)82)50(86)71-35(41(26-14-61-19-65-26)91-54-43(39(80)37(78)29(15-73)90-54)92-53-40(81)42(93-55(60)88)38(79)30(16-74)89-53)51(87)66-22(3)36(77)21(2)47(83)70-34(23(4)75)49(85)63-10-8-32-67-28(18-94-32)52-68-27(17-95-52)48(84)62-9-7-11-96(5)6/h14,17,19,21-25,28-30,34-43,53-54,64,73-75,77-81H,7-13,15-16,18,56H2,1-6H3,(H13-,57,58,59,60,61,62,63,65,66,69,70,71,72,76,82,83,84,85,86,87,88)/p+1/t21-,22+,23+,24-,25-,28?,29?,30?,34-,35-,36-,37?,38?,39?,40?,41-,42?,43?,53?,54?/m0/s1. The molecule has 3 aromatic heterocycles. The normalized spacial score (nSPS) is 25.5. The summed E-state index contributed by atoms with van der Waals surface area (Å²) in [6, 6.07) is -8.14. The average molecular weight is 1420 g/mol. The first-order valence-electron chi connectivity index (χ1n) is 30.1. The predicted molar refractivity (Wildman–Crippen MR) is 341 cm³/mol. The molecule has 3 aliphatic rings. The molecular formula is C55H86N17O21S3+. The molecule has 3 aromatic rings. The lowest BCUT2D eigenvalue weighted by molar-refractivity contribution is -0.372. The van der Waals surface area contributed by atoms with Crippen LogP contribution in [0.3, 0.4) is 0 Å². The third-order valence-electron chi connectivity index (χ3n) is 15.5. The molecule has 6 rings (SSSR count). The number of carbonyl (C=O) groups excluding carboxylic acids is 8. The lowest BCUT2D eigenvalue weighted by Gasteiger charge is -2.47. The maximum Gasteiger partial charge on any atom is 0.404 e. The highest BCUT2D eigenvalue weighted by molar-refractivity contribution is 8.14. The van der Waals surface area contributed by atoms with E-state index >= 15 is 4.79 Å². The number of aliphatic hydroxyl groups is 8. The summed E-state index contributed by atoms with van der Waals surface area (Å²) in [4.78, 5) is 131. The summed E-state index contributed by atoms with van der Waals surface area (Å²) in [5.74, 6) is -7.06. The Labute approximate surface area is 560 Å².